The van der Waals surface area contributed by atoms with E-state index in [4.69, 9.17) is 9.84 Å². The summed E-state index contributed by atoms with van der Waals surface area (Å²) in [6.07, 6.45) is 0.263. The number of hydrogen-bond donors (Lipinski definition) is 1. The summed E-state index contributed by atoms with van der Waals surface area (Å²) in [4.78, 5) is 24.7. The van der Waals surface area contributed by atoms with E-state index in [1.165, 1.54) is 25.8 Å². The van der Waals surface area contributed by atoms with Gasteiger partial charge in [0.25, 0.3) is 0 Å². The second-order valence-electron chi connectivity index (χ2n) is 5.70. The molecule has 5 nitrogen and oxygen atoms in total. The van der Waals surface area contributed by atoms with Crippen molar-refractivity contribution in [2.24, 2.45) is 0 Å². The number of hydrogen-bond acceptors (Lipinski definition) is 3. The van der Waals surface area contributed by atoms with Crippen LogP contribution in [0.1, 0.15) is 38.7 Å². The van der Waals surface area contributed by atoms with Gasteiger partial charge in [0.05, 0.1) is 7.11 Å². The molecule has 0 saturated heterocycles. The van der Waals surface area contributed by atoms with E-state index in [0.29, 0.717) is 0 Å². The zero-order valence-electron chi connectivity index (χ0n) is 13.2. The van der Waals surface area contributed by atoms with Crippen LogP contribution in [0.3, 0.4) is 0 Å². The summed E-state index contributed by atoms with van der Waals surface area (Å²) in [5, 5.41) is 9.16. The Morgan fingerprint density at radius 1 is 1.29 bits per heavy atom. The van der Waals surface area contributed by atoms with Gasteiger partial charge in [0.15, 0.2) is 0 Å². The second kappa shape index (κ2) is 6.61. The molecule has 1 aromatic rings. The molecule has 0 saturated carbocycles. The van der Waals surface area contributed by atoms with Gasteiger partial charge < -0.3 is 14.7 Å². The molecule has 0 aliphatic heterocycles. The fraction of sp³-hybridized carbons (Fsp3) is 0.500. The van der Waals surface area contributed by atoms with Crippen molar-refractivity contribution in [3.63, 3.8) is 0 Å². The highest BCUT2D eigenvalue weighted by Gasteiger charge is 2.35. The summed E-state index contributed by atoms with van der Waals surface area (Å²) in [5.41, 5.74) is -0.192. The first-order valence-corrected chi connectivity index (χ1v) is 6.84. The fourth-order valence-corrected chi connectivity index (χ4v) is 1.90. The summed E-state index contributed by atoms with van der Waals surface area (Å²) in [6.45, 7) is 4.98. The Bertz CT molecular complexity index is 508. The van der Waals surface area contributed by atoms with Crippen molar-refractivity contribution in [2.45, 2.75) is 38.6 Å². The molecule has 1 aromatic carbocycles. The van der Waals surface area contributed by atoms with Crippen LogP contribution in [0.5, 0.6) is 5.75 Å². The lowest BCUT2D eigenvalue weighted by molar-refractivity contribution is -0.155. The molecule has 0 radical (unpaired) electrons. The average Bonchev–Trinajstić information content (AvgIpc) is 2.46. The van der Waals surface area contributed by atoms with Crippen molar-refractivity contribution >= 4 is 11.9 Å². The number of amides is 1. The maximum absolute atomic E-state index is 12.2. The number of carboxylic acid groups (broad SMARTS) is 1. The van der Waals surface area contributed by atoms with Crippen molar-refractivity contribution in [3.8, 4) is 5.75 Å². The molecule has 5 heteroatoms. The van der Waals surface area contributed by atoms with Gasteiger partial charge in [-0.05, 0) is 37.5 Å². The summed E-state index contributed by atoms with van der Waals surface area (Å²) in [7, 11) is 3.13. The van der Waals surface area contributed by atoms with Crippen LogP contribution in [-0.2, 0) is 9.59 Å². The van der Waals surface area contributed by atoms with E-state index >= 15 is 0 Å². The topological polar surface area (TPSA) is 66.8 Å². The van der Waals surface area contributed by atoms with E-state index in [1.807, 2.05) is 31.2 Å². The lowest BCUT2D eigenvalue weighted by Crippen LogP contribution is -2.50. The number of carbonyl (C=O) groups is 2. The Balaban J connectivity index is 2.75. The first-order valence-electron chi connectivity index (χ1n) is 6.84. The molecule has 0 heterocycles. The van der Waals surface area contributed by atoms with Crippen molar-refractivity contribution in [1.82, 2.24) is 4.90 Å². The molecule has 1 N–H and O–H groups in total. The van der Waals surface area contributed by atoms with Gasteiger partial charge in [-0.3, -0.25) is 4.79 Å². The highest BCUT2D eigenvalue weighted by molar-refractivity contribution is 5.86. The van der Waals surface area contributed by atoms with Crippen molar-refractivity contribution in [1.29, 1.82) is 0 Å². The molecule has 1 amide bonds. The number of methoxy groups -OCH3 is 1. The van der Waals surface area contributed by atoms with Gasteiger partial charge in [-0.25, -0.2) is 4.79 Å². The Morgan fingerprint density at radius 3 is 2.24 bits per heavy atom. The molecule has 116 valence electrons. The van der Waals surface area contributed by atoms with Crippen molar-refractivity contribution in [2.75, 3.05) is 14.2 Å². The third kappa shape index (κ3) is 3.97. The SMILES string of the molecule is COc1ccc(C(C)CC(=O)N(C)C(C)(C)C(=O)O)cc1. The minimum atomic E-state index is -1.21. The first-order chi connectivity index (χ1) is 9.70. The van der Waals surface area contributed by atoms with Crippen LogP contribution in [0.15, 0.2) is 24.3 Å². The summed E-state index contributed by atoms with van der Waals surface area (Å²) in [6, 6.07) is 7.53. The van der Waals surface area contributed by atoms with E-state index in [1.54, 1.807) is 7.11 Å². The van der Waals surface area contributed by atoms with Gasteiger partial charge >= 0.3 is 5.97 Å². The lowest BCUT2D eigenvalue weighted by Gasteiger charge is -2.32. The number of ether oxygens (including phenoxy) is 1. The molecular formula is C16H23NO4. The molecule has 0 aliphatic carbocycles. The normalized spacial score (nSPS) is 12.6. The Labute approximate surface area is 125 Å². The lowest BCUT2D eigenvalue weighted by atomic mass is 9.95. The van der Waals surface area contributed by atoms with Crippen molar-refractivity contribution < 1.29 is 19.4 Å². The van der Waals surface area contributed by atoms with Crippen LogP contribution < -0.4 is 4.74 Å². The smallest absolute Gasteiger partial charge is 0.329 e. The zero-order chi connectivity index (χ0) is 16.2. The molecule has 21 heavy (non-hydrogen) atoms. The number of carboxylic acids is 1. The minimum absolute atomic E-state index is 0.00968. The highest BCUT2D eigenvalue weighted by atomic mass is 16.5. The molecule has 0 fully saturated rings. The predicted octanol–water partition coefficient (Wildman–Crippen LogP) is 2.51. The van der Waals surface area contributed by atoms with Gasteiger partial charge in [-0.2, -0.15) is 0 Å². The fourth-order valence-electron chi connectivity index (χ4n) is 1.90. The standard InChI is InChI=1S/C16H23NO4/c1-11(12-6-8-13(21-5)9-7-12)10-14(18)17(4)16(2,3)15(19)20/h6-9,11H,10H2,1-5H3,(H,19,20). The average molecular weight is 293 g/mol. The number of benzene rings is 1. The second-order valence-corrected chi connectivity index (χ2v) is 5.70. The molecule has 0 aromatic heterocycles. The Kier molecular flexibility index (Phi) is 5.35. The van der Waals surface area contributed by atoms with Gasteiger partial charge in [0.2, 0.25) is 5.91 Å². The van der Waals surface area contributed by atoms with E-state index in [0.717, 1.165) is 11.3 Å². The summed E-state index contributed by atoms with van der Waals surface area (Å²) >= 11 is 0. The third-order valence-corrected chi connectivity index (χ3v) is 3.90. The molecule has 1 rings (SSSR count). The van der Waals surface area contributed by atoms with E-state index in [2.05, 4.69) is 0 Å². The van der Waals surface area contributed by atoms with Crippen LogP contribution in [0.2, 0.25) is 0 Å². The van der Waals surface area contributed by atoms with E-state index in [9.17, 15) is 9.59 Å². The van der Waals surface area contributed by atoms with Gasteiger partial charge in [-0.1, -0.05) is 19.1 Å². The number of rotatable bonds is 6. The maximum Gasteiger partial charge on any atom is 0.329 e. The summed E-state index contributed by atoms with van der Waals surface area (Å²) < 4.78 is 5.10. The number of likely N-dealkylation sites (N-methyl/N-ethyl adjacent to an activating group) is 1. The minimum Gasteiger partial charge on any atom is -0.497 e. The van der Waals surface area contributed by atoms with Crippen LogP contribution in [0.4, 0.5) is 0 Å². The zero-order valence-corrected chi connectivity index (χ0v) is 13.2. The Morgan fingerprint density at radius 2 is 1.81 bits per heavy atom. The molecule has 0 aliphatic rings. The number of aliphatic carboxylic acids is 1. The van der Waals surface area contributed by atoms with E-state index < -0.39 is 11.5 Å². The van der Waals surface area contributed by atoms with Gasteiger partial charge in [0.1, 0.15) is 11.3 Å². The largest absolute Gasteiger partial charge is 0.497 e. The maximum atomic E-state index is 12.2. The quantitative estimate of drug-likeness (QED) is 0.875. The molecule has 0 spiro atoms. The third-order valence-electron chi connectivity index (χ3n) is 3.90. The van der Waals surface area contributed by atoms with Gasteiger partial charge in [0, 0.05) is 13.5 Å². The van der Waals surface area contributed by atoms with E-state index in [-0.39, 0.29) is 18.2 Å². The van der Waals surface area contributed by atoms with Gasteiger partial charge in [-0.15, -0.1) is 0 Å². The van der Waals surface area contributed by atoms with Crippen LogP contribution >= 0.6 is 0 Å². The molecular weight excluding hydrogens is 270 g/mol. The number of nitrogens with zero attached hydrogens (tertiary/aromatic N) is 1. The summed E-state index contributed by atoms with van der Waals surface area (Å²) in [5.74, 6) is -0.432. The Hall–Kier alpha value is -2.04. The highest BCUT2D eigenvalue weighted by Crippen LogP contribution is 2.24. The van der Waals surface area contributed by atoms with Crippen LogP contribution in [0.25, 0.3) is 0 Å². The molecule has 1 atom stereocenters. The monoisotopic (exact) mass is 293 g/mol. The predicted molar refractivity (Wildman–Crippen MR) is 80.5 cm³/mol. The molecule has 1 unspecified atom stereocenters. The first kappa shape index (κ1) is 17.0. The van der Waals surface area contributed by atoms with Crippen LogP contribution in [0, 0.1) is 0 Å². The van der Waals surface area contributed by atoms with Crippen LogP contribution in [-0.4, -0.2) is 41.6 Å². The number of carbonyl (C=O) groups excluding carboxylic acids is 1. The van der Waals surface area contributed by atoms with Crippen molar-refractivity contribution in [3.05, 3.63) is 29.8 Å². The molecule has 0 bridgehead atoms.